The summed E-state index contributed by atoms with van der Waals surface area (Å²) in [6, 6.07) is 8.60. The first-order chi connectivity index (χ1) is 13.2. The molecular formula is C21H27BrN4O. The van der Waals surface area contributed by atoms with Gasteiger partial charge in [-0.2, -0.15) is 5.10 Å². The fraction of sp³-hybridized carbons (Fsp3) is 0.524. The molecule has 2 fully saturated rings. The molecule has 0 spiro atoms. The highest BCUT2D eigenvalue weighted by molar-refractivity contribution is 9.10. The minimum absolute atomic E-state index is 0.0240. The fourth-order valence-electron chi connectivity index (χ4n) is 4.34. The second kappa shape index (κ2) is 8.57. The Balaban J connectivity index is 1.32. The summed E-state index contributed by atoms with van der Waals surface area (Å²) in [4.78, 5) is 15.2. The predicted molar refractivity (Wildman–Crippen MR) is 110 cm³/mol. The van der Waals surface area contributed by atoms with Gasteiger partial charge in [0.1, 0.15) is 0 Å². The molecule has 1 unspecified atom stereocenters. The summed E-state index contributed by atoms with van der Waals surface area (Å²) >= 11 is 3.40. The Bertz CT molecular complexity index is 765. The Hall–Kier alpha value is -1.66. The van der Waals surface area contributed by atoms with Crippen LogP contribution >= 0.6 is 15.9 Å². The average molecular weight is 431 g/mol. The smallest absolute Gasteiger partial charge is 0.251 e. The number of carbonyl (C=O) groups excluding carboxylic acids is 1. The quantitative estimate of drug-likeness (QED) is 0.740. The molecule has 144 valence electrons. The first-order valence-corrected chi connectivity index (χ1v) is 10.8. The average Bonchev–Trinajstić information content (AvgIpc) is 3.23. The molecule has 1 aliphatic heterocycles. The Morgan fingerprint density at radius 1 is 1.07 bits per heavy atom. The first kappa shape index (κ1) is 18.7. The van der Waals surface area contributed by atoms with E-state index in [0.29, 0.717) is 5.56 Å². The zero-order chi connectivity index (χ0) is 18.6. The number of rotatable bonds is 4. The monoisotopic (exact) mass is 430 g/mol. The van der Waals surface area contributed by atoms with Crippen LogP contribution in [0.3, 0.4) is 0 Å². The van der Waals surface area contributed by atoms with Gasteiger partial charge in [0.2, 0.25) is 0 Å². The van der Waals surface area contributed by atoms with Crippen molar-refractivity contribution in [2.45, 2.75) is 57.0 Å². The third kappa shape index (κ3) is 4.61. The number of hydrogen-bond donors (Lipinski definition) is 1. The lowest BCUT2D eigenvalue weighted by Gasteiger charge is -2.26. The third-order valence-electron chi connectivity index (χ3n) is 5.84. The van der Waals surface area contributed by atoms with Crippen LogP contribution in [0.4, 0.5) is 0 Å². The van der Waals surface area contributed by atoms with Crippen molar-refractivity contribution in [3.05, 3.63) is 46.7 Å². The van der Waals surface area contributed by atoms with E-state index in [1.54, 1.807) is 10.9 Å². The molecule has 1 aromatic heterocycles. The zero-order valence-electron chi connectivity index (χ0n) is 15.6. The van der Waals surface area contributed by atoms with Crippen molar-refractivity contribution in [2.75, 3.05) is 13.1 Å². The molecule has 1 amide bonds. The zero-order valence-corrected chi connectivity index (χ0v) is 17.2. The van der Waals surface area contributed by atoms with Crippen LogP contribution in [0.15, 0.2) is 41.1 Å². The number of hydrogen-bond acceptors (Lipinski definition) is 3. The summed E-state index contributed by atoms with van der Waals surface area (Å²) in [7, 11) is 0. The Labute approximate surface area is 169 Å². The van der Waals surface area contributed by atoms with Crippen LogP contribution in [-0.2, 0) is 0 Å². The lowest BCUT2D eigenvalue weighted by atomic mass is 10.1. The lowest BCUT2D eigenvalue weighted by Crippen LogP contribution is -2.39. The minimum atomic E-state index is 0.0240. The van der Waals surface area contributed by atoms with Gasteiger partial charge in [0.25, 0.3) is 5.91 Å². The minimum Gasteiger partial charge on any atom is -0.348 e. The summed E-state index contributed by atoms with van der Waals surface area (Å²) in [6.45, 7) is 2.11. The first-order valence-electron chi connectivity index (χ1n) is 10.0. The fourth-order valence-corrected chi connectivity index (χ4v) is 4.62. The molecule has 27 heavy (non-hydrogen) atoms. The van der Waals surface area contributed by atoms with Gasteiger partial charge in [0.15, 0.2) is 0 Å². The van der Waals surface area contributed by atoms with Gasteiger partial charge in [-0.15, -0.1) is 0 Å². The van der Waals surface area contributed by atoms with Crippen LogP contribution in [0.1, 0.15) is 55.3 Å². The molecule has 1 N–H and O–H groups in total. The molecule has 6 heteroatoms. The normalized spacial score (nSPS) is 21.9. The number of benzene rings is 1. The summed E-state index contributed by atoms with van der Waals surface area (Å²) < 4.78 is 2.72. The number of likely N-dealkylation sites (tertiary alicyclic amines) is 1. The molecule has 2 heterocycles. The van der Waals surface area contributed by atoms with Gasteiger partial charge in [-0.25, -0.2) is 4.68 Å². The topological polar surface area (TPSA) is 50.2 Å². The van der Waals surface area contributed by atoms with Gasteiger partial charge in [-0.05, 0) is 59.5 Å². The highest BCUT2D eigenvalue weighted by atomic mass is 79.9. The van der Waals surface area contributed by atoms with E-state index >= 15 is 0 Å². The van der Waals surface area contributed by atoms with E-state index in [9.17, 15) is 4.79 Å². The van der Waals surface area contributed by atoms with E-state index in [1.807, 2.05) is 30.5 Å². The number of carbonyl (C=O) groups is 1. The van der Waals surface area contributed by atoms with E-state index in [4.69, 9.17) is 0 Å². The van der Waals surface area contributed by atoms with Crippen molar-refractivity contribution in [3.63, 3.8) is 0 Å². The van der Waals surface area contributed by atoms with Gasteiger partial charge in [0, 0.05) is 36.9 Å². The number of aromatic nitrogens is 2. The SMILES string of the molecule is O=C(NC1CCN(C2CCCCCC2)C1)c1ccc(-n2cc(Br)cn2)cc1. The van der Waals surface area contributed by atoms with Crippen molar-refractivity contribution < 1.29 is 4.79 Å². The van der Waals surface area contributed by atoms with Gasteiger partial charge in [0.05, 0.1) is 16.4 Å². The summed E-state index contributed by atoms with van der Waals surface area (Å²) in [5.74, 6) is 0.0240. The maximum absolute atomic E-state index is 12.6. The molecule has 1 saturated heterocycles. The molecule has 0 bridgehead atoms. The highest BCUT2D eigenvalue weighted by Gasteiger charge is 2.29. The van der Waals surface area contributed by atoms with Crippen LogP contribution in [0.5, 0.6) is 0 Å². The molecule has 2 aromatic rings. The van der Waals surface area contributed by atoms with E-state index in [1.165, 1.54) is 38.5 Å². The van der Waals surface area contributed by atoms with Crippen molar-refractivity contribution >= 4 is 21.8 Å². The predicted octanol–water partition coefficient (Wildman–Crippen LogP) is 4.16. The molecule has 1 aromatic carbocycles. The van der Waals surface area contributed by atoms with E-state index in [2.05, 4.69) is 31.2 Å². The number of amides is 1. The molecule has 0 radical (unpaired) electrons. The maximum Gasteiger partial charge on any atom is 0.251 e. The summed E-state index contributed by atoms with van der Waals surface area (Å²) in [5.41, 5.74) is 1.65. The van der Waals surface area contributed by atoms with Crippen LogP contribution in [0.25, 0.3) is 5.69 Å². The van der Waals surface area contributed by atoms with E-state index in [-0.39, 0.29) is 11.9 Å². The lowest BCUT2D eigenvalue weighted by molar-refractivity contribution is 0.0935. The maximum atomic E-state index is 12.6. The van der Waals surface area contributed by atoms with Crippen molar-refractivity contribution in [1.29, 1.82) is 0 Å². The standard InChI is InChI=1S/C21H27BrN4O/c22-17-13-23-26(14-17)20-9-7-16(8-10-20)21(27)24-18-11-12-25(15-18)19-5-3-1-2-4-6-19/h7-10,13-14,18-19H,1-6,11-12,15H2,(H,24,27). The molecule has 2 aliphatic rings. The molecule has 4 rings (SSSR count). The molecule has 1 saturated carbocycles. The molecule has 5 nitrogen and oxygen atoms in total. The van der Waals surface area contributed by atoms with E-state index in [0.717, 1.165) is 35.7 Å². The summed E-state index contributed by atoms with van der Waals surface area (Å²) in [6.07, 6.45) is 12.8. The number of nitrogens with zero attached hydrogens (tertiary/aromatic N) is 3. The highest BCUT2D eigenvalue weighted by Crippen LogP contribution is 2.25. The third-order valence-corrected chi connectivity index (χ3v) is 6.25. The Kier molecular flexibility index (Phi) is 5.93. The van der Waals surface area contributed by atoms with E-state index < -0.39 is 0 Å². The van der Waals surface area contributed by atoms with Crippen molar-refractivity contribution in [2.24, 2.45) is 0 Å². The van der Waals surface area contributed by atoms with Crippen LogP contribution in [0, 0.1) is 0 Å². The second-order valence-electron chi connectivity index (χ2n) is 7.75. The molecule has 1 atom stereocenters. The van der Waals surface area contributed by atoms with Gasteiger partial charge >= 0.3 is 0 Å². The van der Waals surface area contributed by atoms with Gasteiger partial charge < -0.3 is 5.32 Å². The van der Waals surface area contributed by atoms with Crippen molar-refractivity contribution in [1.82, 2.24) is 20.0 Å². The number of nitrogens with one attached hydrogen (secondary N) is 1. The Morgan fingerprint density at radius 2 is 1.81 bits per heavy atom. The van der Waals surface area contributed by atoms with Gasteiger partial charge in [-0.1, -0.05) is 25.7 Å². The molecule has 1 aliphatic carbocycles. The van der Waals surface area contributed by atoms with Gasteiger partial charge in [-0.3, -0.25) is 9.69 Å². The molecular weight excluding hydrogens is 404 g/mol. The summed E-state index contributed by atoms with van der Waals surface area (Å²) in [5, 5.41) is 7.50. The second-order valence-corrected chi connectivity index (χ2v) is 8.67. The Morgan fingerprint density at radius 3 is 2.48 bits per heavy atom. The van der Waals surface area contributed by atoms with Crippen LogP contribution in [0.2, 0.25) is 0 Å². The van der Waals surface area contributed by atoms with Crippen molar-refractivity contribution in [3.8, 4) is 5.69 Å². The van der Waals surface area contributed by atoms with Crippen LogP contribution < -0.4 is 5.32 Å². The van der Waals surface area contributed by atoms with Crippen LogP contribution in [-0.4, -0.2) is 45.8 Å². The number of halogens is 1. The largest absolute Gasteiger partial charge is 0.348 e.